The van der Waals surface area contributed by atoms with Gasteiger partial charge in [0.05, 0.1) is 6.04 Å². The van der Waals surface area contributed by atoms with Crippen molar-refractivity contribution in [3.05, 3.63) is 41.5 Å². The van der Waals surface area contributed by atoms with Gasteiger partial charge in [-0.1, -0.05) is 13.8 Å². The number of hydrogen-bond acceptors (Lipinski definition) is 4. The number of amides is 1. The van der Waals surface area contributed by atoms with Crippen molar-refractivity contribution in [3.63, 3.8) is 0 Å². The van der Waals surface area contributed by atoms with Gasteiger partial charge in [-0.3, -0.25) is 4.79 Å². The summed E-state index contributed by atoms with van der Waals surface area (Å²) in [5.41, 5.74) is 0.105. The number of benzene rings is 1. The molecular weight excluding hydrogens is 354 g/mol. The lowest BCUT2D eigenvalue weighted by atomic mass is 9.99. The number of aromatic nitrogens is 3. The van der Waals surface area contributed by atoms with Crippen LogP contribution >= 0.6 is 0 Å². The van der Waals surface area contributed by atoms with Gasteiger partial charge in [0.25, 0.3) is 0 Å². The minimum atomic E-state index is -0.731. The van der Waals surface area contributed by atoms with Crippen LogP contribution in [0.4, 0.5) is 8.78 Å². The van der Waals surface area contributed by atoms with Crippen molar-refractivity contribution in [2.45, 2.75) is 45.6 Å². The van der Waals surface area contributed by atoms with Crippen molar-refractivity contribution >= 4 is 5.91 Å². The molecule has 8 heteroatoms. The Morgan fingerprint density at radius 1 is 1.30 bits per heavy atom. The summed E-state index contributed by atoms with van der Waals surface area (Å²) in [4.78, 5) is 16.4. The van der Waals surface area contributed by atoms with E-state index in [1.807, 2.05) is 13.8 Å². The molecule has 27 heavy (non-hydrogen) atoms. The van der Waals surface area contributed by atoms with E-state index in [1.165, 1.54) is 23.7 Å². The molecule has 0 saturated carbocycles. The fourth-order valence-corrected chi connectivity index (χ4v) is 3.25. The van der Waals surface area contributed by atoms with E-state index < -0.39 is 17.7 Å². The monoisotopic (exact) mass is 378 g/mol. The van der Waals surface area contributed by atoms with E-state index in [9.17, 15) is 13.6 Å². The highest BCUT2D eigenvalue weighted by Gasteiger charge is 2.29. The maximum atomic E-state index is 14.5. The van der Waals surface area contributed by atoms with Crippen LogP contribution < -0.4 is 5.32 Å². The third-order valence-electron chi connectivity index (χ3n) is 4.68. The molecule has 0 bridgehead atoms. The topological polar surface area (TPSA) is 69.0 Å². The Hall–Kier alpha value is -2.35. The van der Waals surface area contributed by atoms with Gasteiger partial charge in [0, 0.05) is 32.1 Å². The molecule has 146 valence electrons. The zero-order valence-electron chi connectivity index (χ0n) is 15.7. The van der Waals surface area contributed by atoms with Crippen LogP contribution in [-0.2, 0) is 9.53 Å². The van der Waals surface area contributed by atoms with E-state index >= 15 is 0 Å². The Bertz CT molecular complexity index is 816. The standard InChI is InChI=1S/C19H24F2N4O2/c1-11(2)17(22-12(3)26)19-23-18(13-6-8-27-9-7-13)24-25(19)16-5-4-14(20)10-15(16)21/h4-5,10-11,13,17H,6-9H2,1-3H3,(H,22,26). The van der Waals surface area contributed by atoms with E-state index in [-0.39, 0.29) is 23.4 Å². The first kappa shape index (κ1) is 19.4. The maximum Gasteiger partial charge on any atom is 0.217 e. The smallest absolute Gasteiger partial charge is 0.217 e. The summed E-state index contributed by atoms with van der Waals surface area (Å²) in [6.07, 6.45) is 1.56. The highest BCUT2D eigenvalue weighted by atomic mass is 19.1. The SMILES string of the molecule is CC(=O)NC(c1nc(C2CCOCC2)nn1-c1ccc(F)cc1F)C(C)C. The molecule has 3 rings (SSSR count). The molecule has 1 aromatic carbocycles. The van der Waals surface area contributed by atoms with Gasteiger partial charge in [-0.05, 0) is 30.9 Å². The van der Waals surface area contributed by atoms with E-state index in [0.717, 1.165) is 18.9 Å². The highest BCUT2D eigenvalue weighted by molar-refractivity contribution is 5.73. The lowest BCUT2D eigenvalue weighted by molar-refractivity contribution is -0.120. The number of hydrogen-bond donors (Lipinski definition) is 1. The average molecular weight is 378 g/mol. The van der Waals surface area contributed by atoms with Crippen LogP contribution in [0.3, 0.4) is 0 Å². The third kappa shape index (κ3) is 4.32. The number of rotatable bonds is 5. The zero-order chi connectivity index (χ0) is 19.6. The summed E-state index contributed by atoms with van der Waals surface area (Å²) >= 11 is 0. The Kier molecular flexibility index (Phi) is 5.84. The molecule has 1 aromatic heterocycles. The summed E-state index contributed by atoms with van der Waals surface area (Å²) in [7, 11) is 0. The molecule has 6 nitrogen and oxygen atoms in total. The van der Waals surface area contributed by atoms with Crippen LogP contribution in [0, 0.1) is 17.6 Å². The fraction of sp³-hybridized carbons (Fsp3) is 0.526. The second-order valence-electron chi connectivity index (χ2n) is 7.14. The lowest BCUT2D eigenvalue weighted by Crippen LogP contribution is -2.32. The third-order valence-corrected chi connectivity index (χ3v) is 4.68. The van der Waals surface area contributed by atoms with Crippen LogP contribution in [0.15, 0.2) is 18.2 Å². The maximum absolute atomic E-state index is 14.5. The summed E-state index contributed by atoms with van der Waals surface area (Å²) in [6.45, 7) is 6.55. The summed E-state index contributed by atoms with van der Waals surface area (Å²) in [6, 6.07) is 2.88. The fourth-order valence-electron chi connectivity index (χ4n) is 3.25. The van der Waals surface area contributed by atoms with Gasteiger partial charge in [0.2, 0.25) is 5.91 Å². The molecule has 2 aromatic rings. The number of nitrogens with one attached hydrogen (secondary N) is 1. The normalized spacial score (nSPS) is 16.5. The molecule has 2 heterocycles. The van der Waals surface area contributed by atoms with Gasteiger partial charge in [0.1, 0.15) is 11.5 Å². The zero-order valence-corrected chi connectivity index (χ0v) is 15.7. The quantitative estimate of drug-likeness (QED) is 0.867. The molecule has 1 unspecified atom stereocenters. The first-order valence-electron chi connectivity index (χ1n) is 9.14. The molecule has 1 aliphatic rings. The van der Waals surface area contributed by atoms with Gasteiger partial charge >= 0.3 is 0 Å². The molecule has 1 fully saturated rings. The number of halogens is 2. The molecule has 1 atom stereocenters. The van der Waals surface area contributed by atoms with Gasteiger partial charge in [-0.2, -0.15) is 5.10 Å². The van der Waals surface area contributed by atoms with Crippen molar-refractivity contribution in [3.8, 4) is 5.69 Å². The van der Waals surface area contributed by atoms with Crippen molar-refractivity contribution in [2.75, 3.05) is 13.2 Å². The minimum absolute atomic E-state index is 0.00268. The first-order chi connectivity index (χ1) is 12.9. The van der Waals surface area contributed by atoms with Crippen LogP contribution in [-0.4, -0.2) is 33.9 Å². The van der Waals surface area contributed by atoms with Crippen LogP contribution in [0.5, 0.6) is 0 Å². The largest absolute Gasteiger partial charge is 0.381 e. The van der Waals surface area contributed by atoms with E-state index in [1.54, 1.807) is 0 Å². The molecule has 1 amide bonds. The van der Waals surface area contributed by atoms with Crippen molar-refractivity contribution in [1.29, 1.82) is 0 Å². The Balaban J connectivity index is 2.10. The van der Waals surface area contributed by atoms with Crippen LogP contribution in [0.1, 0.15) is 57.2 Å². The van der Waals surface area contributed by atoms with Gasteiger partial charge in [-0.15, -0.1) is 0 Å². The van der Waals surface area contributed by atoms with Crippen molar-refractivity contribution in [2.24, 2.45) is 5.92 Å². The van der Waals surface area contributed by atoms with Gasteiger partial charge in [0.15, 0.2) is 17.5 Å². The molecule has 0 radical (unpaired) electrons. The number of carbonyl (C=O) groups is 1. The van der Waals surface area contributed by atoms with Crippen molar-refractivity contribution in [1.82, 2.24) is 20.1 Å². The summed E-state index contributed by atoms with van der Waals surface area (Å²) in [5, 5.41) is 7.41. The molecular formula is C19H24F2N4O2. The second-order valence-corrected chi connectivity index (χ2v) is 7.14. The van der Waals surface area contributed by atoms with Crippen molar-refractivity contribution < 1.29 is 18.3 Å². The number of carbonyl (C=O) groups excluding carboxylic acids is 1. The number of ether oxygens (including phenoxy) is 1. The Morgan fingerprint density at radius 3 is 2.59 bits per heavy atom. The summed E-state index contributed by atoms with van der Waals surface area (Å²) in [5.74, 6) is -0.471. The molecule has 1 aliphatic heterocycles. The van der Waals surface area contributed by atoms with Crippen LogP contribution in [0.2, 0.25) is 0 Å². The predicted molar refractivity (Wildman–Crippen MR) is 95.5 cm³/mol. The van der Waals surface area contributed by atoms with E-state index in [0.29, 0.717) is 24.9 Å². The van der Waals surface area contributed by atoms with Crippen LogP contribution in [0.25, 0.3) is 5.69 Å². The first-order valence-corrected chi connectivity index (χ1v) is 9.14. The Labute approximate surface area is 156 Å². The number of nitrogens with zero attached hydrogens (tertiary/aromatic N) is 3. The molecule has 0 aliphatic carbocycles. The summed E-state index contributed by atoms with van der Waals surface area (Å²) < 4.78 is 34.6. The Morgan fingerprint density at radius 2 is 2.00 bits per heavy atom. The lowest BCUT2D eigenvalue weighted by Gasteiger charge is -2.21. The van der Waals surface area contributed by atoms with E-state index in [4.69, 9.17) is 4.74 Å². The average Bonchev–Trinajstić information content (AvgIpc) is 3.04. The molecule has 1 saturated heterocycles. The second kappa shape index (κ2) is 8.12. The minimum Gasteiger partial charge on any atom is -0.381 e. The molecule has 0 spiro atoms. The predicted octanol–water partition coefficient (Wildman–Crippen LogP) is 3.27. The highest BCUT2D eigenvalue weighted by Crippen LogP contribution is 2.29. The molecule has 1 N–H and O–H groups in total. The van der Waals surface area contributed by atoms with Gasteiger partial charge in [-0.25, -0.2) is 18.4 Å². The van der Waals surface area contributed by atoms with Gasteiger partial charge < -0.3 is 10.1 Å². The van der Waals surface area contributed by atoms with E-state index in [2.05, 4.69) is 15.4 Å².